The Balaban J connectivity index is 2.29. The lowest BCUT2D eigenvalue weighted by Crippen LogP contribution is -1.97. The Morgan fingerprint density at radius 1 is 1.56 bits per heavy atom. The van der Waals surface area contributed by atoms with E-state index in [2.05, 4.69) is 15.3 Å². The number of nitrogens with zero attached hydrogens (tertiary/aromatic N) is 3. The van der Waals surface area contributed by atoms with Crippen LogP contribution in [0.1, 0.15) is 18.3 Å². The first-order chi connectivity index (χ1) is 8.74. The number of rotatable bonds is 4. The average Bonchev–Trinajstić information content (AvgIpc) is 2.77. The second kappa shape index (κ2) is 5.59. The molecule has 6 heteroatoms. The highest BCUT2D eigenvalue weighted by Gasteiger charge is 2.01. The largest absolute Gasteiger partial charge is 0.497 e. The second-order valence-electron chi connectivity index (χ2n) is 3.63. The van der Waals surface area contributed by atoms with Gasteiger partial charge < -0.3 is 4.74 Å². The van der Waals surface area contributed by atoms with E-state index in [9.17, 15) is 0 Å². The summed E-state index contributed by atoms with van der Waals surface area (Å²) >= 11 is 5.11. The number of aryl methyl sites for hydroxylation is 1. The molecule has 0 aliphatic carbocycles. The van der Waals surface area contributed by atoms with Crippen LogP contribution in [0.15, 0.2) is 29.4 Å². The first kappa shape index (κ1) is 12.5. The predicted molar refractivity (Wildman–Crippen MR) is 72.8 cm³/mol. The minimum atomic E-state index is 0.492. The summed E-state index contributed by atoms with van der Waals surface area (Å²) < 4.78 is 7.26. The number of aromatic amines is 1. The highest BCUT2D eigenvalue weighted by molar-refractivity contribution is 7.71. The summed E-state index contributed by atoms with van der Waals surface area (Å²) in [4.78, 5) is 0. The first-order valence-corrected chi connectivity index (χ1v) is 6.00. The van der Waals surface area contributed by atoms with Crippen molar-refractivity contribution in [2.45, 2.75) is 13.3 Å². The van der Waals surface area contributed by atoms with Gasteiger partial charge in [-0.3, -0.25) is 5.10 Å². The Morgan fingerprint density at radius 3 is 3.11 bits per heavy atom. The summed E-state index contributed by atoms with van der Waals surface area (Å²) in [6, 6.07) is 7.65. The number of benzene rings is 1. The number of aromatic nitrogens is 3. The summed E-state index contributed by atoms with van der Waals surface area (Å²) in [6.07, 6.45) is 2.50. The van der Waals surface area contributed by atoms with Gasteiger partial charge in [0.1, 0.15) is 5.75 Å². The van der Waals surface area contributed by atoms with E-state index in [-0.39, 0.29) is 0 Å². The fourth-order valence-corrected chi connectivity index (χ4v) is 1.72. The Kier molecular flexibility index (Phi) is 3.88. The summed E-state index contributed by atoms with van der Waals surface area (Å²) in [5, 5.41) is 11.1. The van der Waals surface area contributed by atoms with Crippen molar-refractivity contribution in [1.82, 2.24) is 14.9 Å². The van der Waals surface area contributed by atoms with Crippen molar-refractivity contribution < 1.29 is 4.74 Å². The zero-order chi connectivity index (χ0) is 13.0. The fourth-order valence-electron chi connectivity index (χ4n) is 1.52. The molecular formula is C12H14N4OS. The van der Waals surface area contributed by atoms with Gasteiger partial charge in [0.05, 0.1) is 13.3 Å². The standard InChI is InChI=1S/C12H14N4OS/c1-3-11-14-15-12(18)16(11)13-8-9-5-4-6-10(7-9)17-2/h4-8H,3H2,1-2H3,(H,15,18)/b13-8-. The average molecular weight is 262 g/mol. The van der Waals surface area contributed by atoms with E-state index < -0.39 is 0 Å². The number of hydrogen-bond acceptors (Lipinski definition) is 4. The number of H-pyrrole nitrogens is 1. The van der Waals surface area contributed by atoms with E-state index >= 15 is 0 Å². The molecule has 0 radical (unpaired) electrons. The molecule has 0 unspecified atom stereocenters. The maximum absolute atomic E-state index is 5.15. The summed E-state index contributed by atoms with van der Waals surface area (Å²) in [5.41, 5.74) is 0.944. The number of methoxy groups -OCH3 is 1. The van der Waals surface area contributed by atoms with Crippen LogP contribution in [0.2, 0.25) is 0 Å². The van der Waals surface area contributed by atoms with Crippen LogP contribution in [0, 0.1) is 4.77 Å². The maximum atomic E-state index is 5.15. The number of nitrogens with one attached hydrogen (secondary N) is 1. The zero-order valence-electron chi connectivity index (χ0n) is 10.3. The molecule has 0 aliphatic rings. The minimum Gasteiger partial charge on any atom is -0.497 e. The third kappa shape index (κ3) is 2.65. The van der Waals surface area contributed by atoms with Crippen LogP contribution in [-0.2, 0) is 6.42 Å². The van der Waals surface area contributed by atoms with E-state index in [1.54, 1.807) is 18.0 Å². The molecule has 0 bridgehead atoms. The molecule has 0 fully saturated rings. The predicted octanol–water partition coefficient (Wildman–Crippen LogP) is 2.39. The van der Waals surface area contributed by atoms with E-state index in [0.717, 1.165) is 23.6 Å². The molecule has 2 aromatic rings. The summed E-state index contributed by atoms with van der Waals surface area (Å²) in [7, 11) is 1.64. The molecule has 1 N–H and O–H groups in total. The highest BCUT2D eigenvalue weighted by atomic mass is 32.1. The van der Waals surface area contributed by atoms with Crippen molar-refractivity contribution in [1.29, 1.82) is 0 Å². The Hall–Kier alpha value is -1.95. The van der Waals surface area contributed by atoms with Crippen LogP contribution in [0.5, 0.6) is 5.75 Å². The molecule has 5 nitrogen and oxygen atoms in total. The van der Waals surface area contributed by atoms with Crippen molar-refractivity contribution in [3.63, 3.8) is 0 Å². The van der Waals surface area contributed by atoms with Crippen LogP contribution >= 0.6 is 12.2 Å². The Morgan fingerprint density at radius 2 is 2.39 bits per heavy atom. The van der Waals surface area contributed by atoms with Gasteiger partial charge in [-0.2, -0.15) is 14.9 Å². The molecule has 94 valence electrons. The monoisotopic (exact) mass is 262 g/mol. The smallest absolute Gasteiger partial charge is 0.216 e. The quantitative estimate of drug-likeness (QED) is 0.680. The topological polar surface area (TPSA) is 55.2 Å². The van der Waals surface area contributed by atoms with Crippen molar-refractivity contribution in [3.05, 3.63) is 40.4 Å². The molecule has 0 spiro atoms. The van der Waals surface area contributed by atoms with Crippen molar-refractivity contribution in [3.8, 4) is 5.75 Å². The van der Waals surface area contributed by atoms with Gasteiger partial charge in [-0.1, -0.05) is 19.1 Å². The molecule has 1 aromatic heterocycles. The van der Waals surface area contributed by atoms with Crippen LogP contribution < -0.4 is 4.74 Å². The maximum Gasteiger partial charge on any atom is 0.216 e. The highest BCUT2D eigenvalue weighted by Crippen LogP contribution is 2.11. The second-order valence-corrected chi connectivity index (χ2v) is 4.02. The minimum absolute atomic E-state index is 0.492. The molecule has 1 heterocycles. The van der Waals surface area contributed by atoms with Gasteiger partial charge in [0, 0.05) is 6.42 Å². The molecule has 0 saturated heterocycles. The first-order valence-electron chi connectivity index (χ1n) is 5.59. The molecular weight excluding hydrogens is 248 g/mol. The number of ether oxygens (including phenoxy) is 1. The van der Waals surface area contributed by atoms with Crippen molar-refractivity contribution in [2.24, 2.45) is 5.10 Å². The molecule has 0 aliphatic heterocycles. The molecule has 1 aromatic carbocycles. The summed E-state index contributed by atoms with van der Waals surface area (Å²) in [6.45, 7) is 2.00. The van der Waals surface area contributed by atoms with Gasteiger partial charge in [-0.25, -0.2) is 0 Å². The zero-order valence-corrected chi connectivity index (χ0v) is 11.1. The lowest BCUT2D eigenvalue weighted by molar-refractivity contribution is 0.415. The van der Waals surface area contributed by atoms with Crippen molar-refractivity contribution in [2.75, 3.05) is 7.11 Å². The van der Waals surface area contributed by atoms with Gasteiger partial charge in [0.15, 0.2) is 5.82 Å². The van der Waals surface area contributed by atoms with Crippen molar-refractivity contribution >= 4 is 18.4 Å². The molecule has 18 heavy (non-hydrogen) atoms. The van der Waals surface area contributed by atoms with Gasteiger partial charge in [-0.05, 0) is 29.9 Å². The normalized spacial score (nSPS) is 11.0. The van der Waals surface area contributed by atoms with Gasteiger partial charge in [0.25, 0.3) is 0 Å². The van der Waals surface area contributed by atoms with E-state index in [0.29, 0.717) is 4.77 Å². The van der Waals surface area contributed by atoms with Gasteiger partial charge in [-0.15, -0.1) is 0 Å². The Labute approximate surface area is 110 Å². The lowest BCUT2D eigenvalue weighted by atomic mass is 10.2. The van der Waals surface area contributed by atoms with Gasteiger partial charge in [0.2, 0.25) is 4.77 Å². The lowest BCUT2D eigenvalue weighted by Gasteiger charge is -2.00. The summed E-state index contributed by atoms with van der Waals surface area (Å²) in [5.74, 6) is 1.60. The van der Waals surface area contributed by atoms with E-state index in [4.69, 9.17) is 17.0 Å². The van der Waals surface area contributed by atoms with E-state index in [1.807, 2.05) is 31.2 Å². The van der Waals surface area contributed by atoms with E-state index in [1.165, 1.54) is 0 Å². The van der Waals surface area contributed by atoms with Crippen LogP contribution in [0.3, 0.4) is 0 Å². The van der Waals surface area contributed by atoms with Crippen LogP contribution in [0.4, 0.5) is 0 Å². The molecule has 0 atom stereocenters. The van der Waals surface area contributed by atoms with Crippen LogP contribution in [0.25, 0.3) is 0 Å². The van der Waals surface area contributed by atoms with Gasteiger partial charge >= 0.3 is 0 Å². The third-order valence-corrected chi connectivity index (χ3v) is 2.71. The molecule has 0 amide bonds. The number of hydrogen-bond donors (Lipinski definition) is 1. The SMILES string of the molecule is CCc1n[nH]c(=S)n1/N=C\c1cccc(OC)c1. The third-order valence-electron chi connectivity index (χ3n) is 2.45. The molecule has 0 saturated carbocycles. The Bertz CT molecular complexity index is 615. The van der Waals surface area contributed by atoms with Crippen LogP contribution in [-0.4, -0.2) is 28.2 Å². The molecule has 2 rings (SSSR count). The fraction of sp³-hybridized carbons (Fsp3) is 0.250.